The lowest BCUT2D eigenvalue weighted by Crippen LogP contribution is -2.46. The molecule has 6 N–H and O–H groups in total. The van der Waals surface area contributed by atoms with Gasteiger partial charge in [0.05, 0.1) is 5.71 Å². The summed E-state index contributed by atoms with van der Waals surface area (Å²) in [5.74, 6) is -2.12. The van der Waals surface area contributed by atoms with Crippen molar-refractivity contribution in [1.29, 1.82) is 10.7 Å². The number of amides is 1. The second kappa shape index (κ2) is 9.92. The number of nitrogens with two attached hydrogens (primary N) is 2. The van der Waals surface area contributed by atoms with Gasteiger partial charge in [-0.3, -0.25) is 10.2 Å². The molecular weight excluding hydrogens is 414 g/mol. The fourth-order valence-corrected chi connectivity index (χ4v) is 3.69. The molecule has 9 heteroatoms. The highest BCUT2D eigenvalue weighted by atomic mass is 19.1. The van der Waals surface area contributed by atoms with E-state index in [1.807, 2.05) is 0 Å². The maximum atomic E-state index is 13.9. The van der Waals surface area contributed by atoms with Crippen LogP contribution in [0, 0.1) is 28.5 Å². The number of hydrogen-bond acceptors (Lipinski definition) is 6. The van der Waals surface area contributed by atoms with Crippen molar-refractivity contribution in [3.63, 3.8) is 0 Å². The van der Waals surface area contributed by atoms with Gasteiger partial charge in [-0.15, -0.1) is 0 Å². The van der Waals surface area contributed by atoms with Crippen LogP contribution >= 0.6 is 0 Å². The Kier molecular flexibility index (Phi) is 7.05. The number of benzene rings is 2. The van der Waals surface area contributed by atoms with Gasteiger partial charge in [0, 0.05) is 37.2 Å². The van der Waals surface area contributed by atoms with Crippen LogP contribution in [0.2, 0.25) is 0 Å². The lowest BCUT2D eigenvalue weighted by atomic mass is 9.98. The minimum Gasteiger partial charge on any atom is -0.385 e. The number of nitrogens with zero attached hydrogens (tertiary/aromatic N) is 2. The van der Waals surface area contributed by atoms with Crippen LogP contribution in [-0.2, 0) is 11.2 Å². The molecule has 7 nitrogen and oxygen atoms in total. The van der Waals surface area contributed by atoms with Gasteiger partial charge >= 0.3 is 0 Å². The number of rotatable bonds is 7. The van der Waals surface area contributed by atoms with E-state index in [1.54, 1.807) is 29.2 Å². The van der Waals surface area contributed by atoms with Gasteiger partial charge in [-0.1, -0.05) is 30.3 Å². The van der Waals surface area contributed by atoms with E-state index in [0.717, 1.165) is 24.5 Å². The number of carbonyl (C=O) groups is 1. The molecule has 2 aromatic rings. The maximum absolute atomic E-state index is 13.9. The van der Waals surface area contributed by atoms with E-state index < -0.39 is 17.5 Å². The van der Waals surface area contributed by atoms with E-state index in [-0.39, 0.29) is 29.6 Å². The number of hydrogen-bond donors (Lipinski definition) is 4. The van der Waals surface area contributed by atoms with Crippen LogP contribution in [0.1, 0.15) is 29.5 Å². The Balaban J connectivity index is 1.76. The van der Waals surface area contributed by atoms with Gasteiger partial charge in [0.15, 0.2) is 6.19 Å². The highest BCUT2D eigenvalue weighted by Crippen LogP contribution is 2.18. The van der Waals surface area contributed by atoms with Crippen molar-refractivity contribution in [2.75, 3.05) is 13.1 Å². The fraction of sp³-hybridized carbons (Fsp3) is 0.261. The molecule has 0 spiro atoms. The topological polar surface area (TPSA) is 132 Å². The summed E-state index contributed by atoms with van der Waals surface area (Å²) in [6.45, 7) is 1.12. The van der Waals surface area contributed by atoms with E-state index in [1.165, 1.54) is 12.1 Å². The Hall–Kier alpha value is -3.93. The van der Waals surface area contributed by atoms with Crippen molar-refractivity contribution in [3.05, 3.63) is 82.2 Å². The first kappa shape index (κ1) is 22.7. The van der Waals surface area contributed by atoms with E-state index >= 15 is 0 Å². The summed E-state index contributed by atoms with van der Waals surface area (Å²) in [4.78, 5) is 13.7. The Morgan fingerprint density at radius 1 is 1.22 bits per heavy atom. The lowest BCUT2D eigenvalue weighted by Gasteiger charge is -2.30. The van der Waals surface area contributed by atoms with E-state index in [2.05, 4.69) is 11.5 Å². The zero-order valence-electron chi connectivity index (χ0n) is 17.4. The summed E-state index contributed by atoms with van der Waals surface area (Å²) in [5, 5.41) is 20.5. The normalized spacial score (nSPS) is 16.7. The molecule has 0 aromatic heterocycles. The number of halogens is 2. The Morgan fingerprint density at radius 2 is 1.94 bits per heavy atom. The van der Waals surface area contributed by atoms with Crippen molar-refractivity contribution in [2.45, 2.75) is 25.3 Å². The minimum absolute atomic E-state index is 0.00949. The largest absolute Gasteiger partial charge is 0.385 e. The third-order valence-corrected chi connectivity index (χ3v) is 5.34. The van der Waals surface area contributed by atoms with Gasteiger partial charge in [0.1, 0.15) is 23.0 Å². The smallest absolute Gasteiger partial charge is 0.254 e. The van der Waals surface area contributed by atoms with E-state index in [4.69, 9.17) is 22.1 Å². The van der Waals surface area contributed by atoms with Crippen LogP contribution in [0.4, 0.5) is 8.78 Å². The van der Waals surface area contributed by atoms with Gasteiger partial charge in [-0.2, -0.15) is 5.26 Å². The molecular formula is C23H24F2N6O. The molecule has 3 rings (SSSR count). The summed E-state index contributed by atoms with van der Waals surface area (Å²) >= 11 is 0. The zero-order valence-corrected chi connectivity index (χ0v) is 17.4. The predicted octanol–water partition coefficient (Wildman–Crippen LogP) is 2.11. The average Bonchev–Trinajstić information content (AvgIpc) is 2.76. The maximum Gasteiger partial charge on any atom is 0.254 e. The molecule has 2 aromatic carbocycles. The SMILES string of the molecule is N#CN1CCCC(N/C(N)=C(\C(=N)c2ccc(Cc3ccc(F)cc3F)cc2)C(N)=O)C1. The summed E-state index contributed by atoms with van der Waals surface area (Å²) in [6, 6.07) is 9.91. The third kappa shape index (κ3) is 5.40. The van der Waals surface area contributed by atoms with Gasteiger partial charge in [0.2, 0.25) is 0 Å². The average molecular weight is 438 g/mol. The zero-order chi connectivity index (χ0) is 23.3. The number of primary amides is 1. The molecule has 166 valence electrons. The molecule has 1 aliphatic rings. The number of likely N-dealkylation sites (tertiary alicyclic amines) is 1. The second-order valence-corrected chi connectivity index (χ2v) is 7.67. The van der Waals surface area contributed by atoms with Crippen molar-refractivity contribution in [3.8, 4) is 6.19 Å². The molecule has 1 saturated heterocycles. The van der Waals surface area contributed by atoms with Crippen LogP contribution < -0.4 is 16.8 Å². The molecule has 1 atom stereocenters. The van der Waals surface area contributed by atoms with Gasteiger partial charge in [-0.05, 0) is 30.0 Å². The Morgan fingerprint density at radius 3 is 2.56 bits per heavy atom. The van der Waals surface area contributed by atoms with Crippen LogP contribution in [0.5, 0.6) is 0 Å². The summed E-state index contributed by atoms with van der Waals surface area (Å²) in [5.41, 5.74) is 12.8. The monoisotopic (exact) mass is 438 g/mol. The highest BCUT2D eigenvalue weighted by Gasteiger charge is 2.23. The number of nitriles is 1. The summed E-state index contributed by atoms with van der Waals surface area (Å²) in [6.07, 6.45) is 3.92. The quantitative estimate of drug-likeness (QED) is 0.299. The molecule has 1 heterocycles. The van der Waals surface area contributed by atoms with Gasteiger partial charge < -0.3 is 21.7 Å². The highest BCUT2D eigenvalue weighted by molar-refractivity contribution is 6.26. The molecule has 32 heavy (non-hydrogen) atoms. The van der Waals surface area contributed by atoms with Crippen molar-refractivity contribution >= 4 is 11.6 Å². The predicted molar refractivity (Wildman–Crippen MR) is 116 cm³/mol. The lowest BCUT2D eigenvalue weighted by molar-refractivity contribution is -0.114. The van der Waals surface area contributed by atoms with Crippen molar-refractivity contribution in [2.24, 2.45) is 11.5 Å². The number of carbonyl (C=O) groups excluding carboxylic acids is 1. The Labute approximate surface area is 184 Å². The van der Waals surface area contributed by atoms with Crippen molar-refractivity contribution in [1.82, 2.24) is 10.2 Å². The van der Waals surface area contributed by atoms with Crippen LogP contribution in [0.25, 0.3) is 0 Å². The van der Waals surface area contributed by atoms with E-state index in [9.17, 15) is 13.6 Å². The first-order chi connectivity index (χ1) is 15.3. The first-order valence-corrected chi connectivity index (χ1v) is 10.1. The first-order valence-electron chi connectivity index (χ1n) is 10.1. The van der Waals surface area contributed by atoms with Gasteiger partial charge in [-0.25, -0.2) is 8.78 Å². The molecule has 0 saturated carbocycles. The van der Waals surface area contributed by atoms with E-state index in [0.29, 0.717) is 24.2 Å². The van der Waals surface area contributed by atoms with Crippen LogP contribution in [0.3, 0.4) is 0 Å². The molecule has 1 amide bonds. The fourth-order valence-electron chi connectivity index (χ4n) is 3.69. The minimum atomic E-state index is -0.842. The molecule has 1 aliphatic heterocycles. The molecule has 1 unspecified atom stereocenters. The number of piperidine rings is 1. The molecule has 0 aliphatic carbocycles. The number of nitrogens with one attached hydrogen (secondary N) is 2. The summed E-state index contributed by atoms with van der Waals surface area (Å²) < 4.78 is 27.0. The second-order valence-electron chi connectivity index (χ2n) is 7.67. The molecule has 1 fully saturated rings. The summed E-state index contributed by atoms with van der Waals surface area (Å²) in [7, 11) is 0. The Bertz CT molecular complexity index is 1090. The van der Waals surface area contributed by atoms with Crippen LogP contribution in [0.15, 0.2) is 53.9 Å². The van der Waals surface area contributed by atoms with Crippen molar-refractivity contribution < 1.29 is 13.6 Å². The van der Waals surface area contributed by atoms with Gasteiger partial charge in [0.25, 0.3) is 5.91 Å². The van der Waals surface area contributed by atoms with Crippen LogP contribution in [-0.4, -0.2) is 35.7 Å². The molecule has 0 radical (unpaired) electrons. The standard InChI is InChI=1S/C23H24F2N6O/c24-17-8-7-16(19(25)11-17)10-14-3-5-15(6-4-14)21(27)20(23(29)32)22(28)30-18-2-1-9-31(12-18)13-26/h3-8,11,18,27,30H,1-2,9-10,12,28H2,(H2,29,32)/b22-20+,27-21?. The molecule has 0 bridgehead atoms. The third-order valence-electron chi connectivity index (χ3n) is 5.34.